The second-order valence-electron chi connectivity index (χ2n) is 8.18. The zero-order valence-corrected chi connectivity index (χ0v) is 18.1. The van der Waals surface area contributed by atoms with Gasteiger partial charge in [-0.2, -0.15) is 5.10 Å². The molecule has 0 aliphatic carbocycles. The predicted molar refractivity (Wildman–Crippen MR) is 115 cm³/mol. The number of hydrogen-bond donors (Lipinski definition) is 0. The molecule has 2 aliphatic heterocycles. The predicted octanol–water partition coefficient (Wildman–Crippen LogP) is 3.02. The summed E-state index contributed by atoms with van der Waals surface area (Å²) in [6.07, 6.45) is 0.497. The first-order valence-electron chi connectivity index (χ1n) is 10.7. The Balaban J connectivity index is 1.37. The topological polar surface area (TPSA) is 67.7 Å². The summed E-state index contributed by atoms with van der Waals surface area (Å²) in [7, 11) is 1.61. The molecule has 0 atom stereocenters. The lowest BCUT2D eigenvalue weighted by molar-refractivity contribution is 0.0670. The first-order chi connectivity index (χ1) is 15.9. The van der Waals surface area contributed by atoms with Crippen LogP contribution in [0.4, 0.5) is 8.78 Å². The number of carbonyl (C=O) groups excluding carboxylic acids is 2. The third kappa shape index (κ3) is 3.83. The Bertz CT molecular complexity index is 1240. The maximum absolute atomic E-state index is 13.6. The molecule has 7 nitrogen and oxygen atoms in total. The number of methoxy groups -OCH3 is 1. The highest BCUT2D eigenvalue weighted by Gasteiger charge is 2.35. The number of aromatic nitrogens is 2. The monoisotopic (exact) mass is 452 g/mol. The highest BCUT2D eigenvalue weighted by atomic mass is 19.2. The van der Waals surface area contributed by atoms with Crippen LogP contribution in [0.15, 0.2) is 42.5 Å². The molecule has 0 saturated carbocycles. The van der Waals surface area contributed by atoms with Crippen molar-refractivity contribution in [3.63, 3.8) is 0 Å². The van der Waals surface area contributed by atoms with Crippen LogP contribution in [-0.4, -0.2) is 51.6 Å². The normalized spacial score (nSPS) is 15.3. The maximum Gasteiger partial charge on any atom is 0.272 e. The van der Waals surface area contributed by atoms with E-state index >= 15 is 0 Å². The van der Waals surface area contributed by atoms with E-state index in [9.17, 15) is 18.4 Å². The number of benzene rings is 2. The van der Waals surface area contributed by atoms with Crippen LogP contribution in [-0.2, 0) is 26.1 Å². The summed E-state index contributed by atoms with van der Waals surface area (Å²) in [5.74, 6) is -1.85. The molecule has 0 radical (unpaired) electrons. The van der Waals surface area contributed by atoms with E-state index in [4.69, 9.17) is 4.74 Å². The molecule has 33 heavy (non-hydrogen) atoms. The van der Waals surface area contributed by atoms with Crippen molar-refractivity contribution < 1.29 is 23.1 Å². The number of hydrogen-bond acceptors (Lipinski definition) is 4. The van der Waals surface area contributed by atoms with Crippen LogP contribution in [0.25, 0.3) is 0 Å². The fourth-order valence-corrected chi connectivity index (χ4v) is 4.38. The summed E-state index contributed by atoms with van der Waals surface area (Å²) in [6, 6.07) is 10.7. The molecule has 2 amide bonds. The van der Waals surface area contributed by atoms with Gasteiger partial charge in [0.05, 0.1) is 25.9 Å². The number of nitrogens with zero attached hydrogens (tertiary/aromatic N) is 4. The van der Waals surface area contributed by atoms with Crippen molar-refractivity contribution in [3.05, 3.63) is 82.2 Å². The number of rotatable bonds is 4. The van der Waals surface area contributed by atoms with Crippen LogP contribution in [0.1, 0.15) is 37.7 Å². The molecule has 3 aromatic rings. The van der Waals surface area contributed by atoms with Gasteiger partial charge >= 0.3 is 0 Å². The van der Waals surface area contributed by atoms with Gasteiger partial charge in [-0.15, -0.1) is 0 Å². The van der Waals surface area contributed by atoms with E-state index in [2.05, 4.69) is 5.10 Å². The Morgan fingerprint density at radius 3 is 2.58 bits per heavy atom. The second kappa shape index (κ2) is 8.31. The molecule has 0 saturated heterocycles. The average Bonchev–Trinajstić information content (AvgIpc) is 3.21. The lowest BCUT2D eigenvalue weighted by Gasteiger charge is -2.30. The number of halogens is 2. The lowest BCUT2D eigenvalue weighted by Crippen LogP contribution is -2.41. The summed E-state index contributed by atoms with van der Waals surface area (Å²) >= 11 is 0. The summed E-state index contributed by atoms with van der Waals surface area (Å²) in [6.45, 7) is 2.16. The van der Waals surface area contributed by atoms with Gasteiger partial charge in [-0.3, -0.25) is 14.3 Å². The molecule has 5 rings (SSSR count). The van der Waals surface area contributed by atoms with Crippen molar-refractivity contribution in [2.45, 2.75) is 26.1 Å². The van der Waals surface area contributed by atoms with E-state index in [0.29, 0.717) is 38.3 Å². The molecule has 170 valence electrons. The van der Waals surface area contributed by atoms with Crippen LogP contribution < -0.4 is 4.74 Å². The largest absolute Gasteiger partial charge is 0.497 e. The molecule has 2 aromatic carbocycles. The van der Waals surface area contributed by atoms with E-state index in [1.54, 1.807) is 21.6 Å². The number of carbonyl (C=O) groups is 2. The van der Waals surface area contributed by atoms with E-state index < -0.39 is 17.5 Å². The van der Waals surface area contributed by atoms with Crippen LogP contribution in [0, 0.1) is 11.6 Å². The number of amides is 2. The molecular weight excluding hydrogens is 430 g/mol. The molecule has 0 N–H and O–H groups in total. The van der Waals surface area contributed by atoms with Crippen LogP contribution in [0.3, 0.4) is 0 Å². The molecule has 0 bridgehead atoms. The van der Waals surface area contributed by atoms with Crippen molar-refractivity contribution in [2.24, 2.45) is 0 Å². The fourth-order valence-electron chi connectivity index (χ4n) is 4.38. The van der Waals surface area contributed by atoms with Crippen molar-refractivity contribution in [1.82, 2.24) is 19.6 Å². The molecule has 2 aliphatic rings. The lowest BCUT2D eigenvalue weighted by atomic mass is 10.0. The summed E-state index contributed by atoms with van der Waals surface area (Å²) < 4.78 is 33.8. The minimum absolute atomic E-state index is 0.0749. The fraction of sp³-hybridized carbons (Fsp3) is 0.292. The number of ether oxygens (including phenoxy) is 1. The van der Waals surface area contributed by atoms with Crippen LogP contribution >= 0.6 is 0 Å². The van der Waals surface area contributed by atoms with E-state index in [0.717, 1.165) is 34.7 Å². The SMILES string of the molecule is COc1ccc(CN2CCn3nc4c(c3C2=O)CN(C(=O)c2ccc(F)c(F)c2)CC4)cc1. The zero-order chi connectivity index (χ0) is 23.1. The van der Waals surface area contributed by atoms with Crippen molar-refractivity contribution >= 4 is 11.8 Å². The van der Waals surface area contributed by atoms with Gasteiger partial charge in [0.1, 0.15) is 11.4 Å². The van der Waals surface area contributed by atoms with E-state index in [1.165, 1.54) is 6.07 Å². The summed E-state index contributed by atoms with van der Waals surface area (Å²) in [4.78, 5) is 29.6. The molecule has 1 aromatic heterocycles. The quantitative estimate of drug-likeness (QED) is 0.611. The van der Waals surface area contributed by atoms with Gasteiger partial charge < -0.3 is 14.5 Å². The molecular formula is C24H22F2N4O3. The van der Waals surface area contributed by atoms with Crippen molar-refractivity contribution in [1.29, 1.82) is 0 Å². The van der Waals surface area contributed by atoms with E-state index in [-0.39, 0.29) is 18.0 Å². The van der Waals surface area contributed by atoms with Crippen molar-refractivity contribution in [2.75, 3.05) is 20.2 Å². The van der Waals surface area contributed by atoms with Crippen molar-refractivity contribution in [3.8, 4) is 5.75 Å². The smallest absolute Gasteiger partial charge is 0.272 e. The molecule has 3 heterocycles. The van der Waals surface area contributed by atoms with Gasteiger partial charge in [0.25, 0.3) is 11.8 Å². The Hall–Kier alpha value is -3.75. The van der Waals surface area contributed by atoms with Gasteiger partial charge in [0.2, 0.25) is 0 Å². The summed E-state index contributed by atoms with van der Waals surface area (Å²) in [5.41, 5.74) is 3.08. The molecule has 0 unspecified atom stereocenters. The Labute approximate surface area is 189 Å². The maximum atomic E-state index is 13.6. The highest BCUT2D eigenvalue weighted by molar-refractivity contribution is 5.96. The van der Waals surface area contributed by atoms with Gasteiger partial charge in [0, 0.05) is 37.2 Å². The Morgan fingerprint density at radius 1 is 1.06 bits per heavy atom. The Morgan fingerprint density at radius 2 is 1.85 bits per heavy atom. The first kappa shape index (κ1) is 21.1. The summed E-state index contributed by atoms with van der Waals surface area (Å²) in [5, 5.41) is 4.60. The first-order valence-corrected chi connectivity index (χ1v) is 10.7. The molecule has 0 fully saturated rings. The molecule has 9 heteroatoms. The minimum Gasteiger partial charge on any atom is -0.497 e. The van der Waals surface area contributed by atoms with Gasteiger partial charge in [-0.1, -0.05) is 12.1 Å². The average molecular weight is 452 g/mol. The number of fused-ring (bicyclic) bond motifs is 3. The highest BCUT2D eigenvalue weighted by Crippen LogP contribution is 2.28. The zero-order valence-electron chi connectivity index (χ0n) is 18.1. The third-order valence-electron chi connectivity index (χ3n) is 6.16. The standard InChI is InChI=1S/C24H22F2N4O3/c1-33-17-5-2-15(3-6-17)13-29-10-11-30-22(24(29)32)18-14-28(9-8-21(18)27-30)23(31)16-4-7-19(25)20(26)12-16/h2-7,12H,8-11,13-14H2,1H3. The Kier molecular flexibility index (Phi) is 5.32. The van der Waals surface area contributed by atoms with Crippen LogP contribution in [0.2, 0.25) is 0 Å². The van der Waals surface area contributed by atoms with Gasteiger partial charge in [-0.05, 0) is 35.9 Å². The third-order valence-corrected chi connectivity index (χ3v) is 6.16. The van der Waals surface area contributed by atoms with E-state index in [1.807, 2.05) is 24.3 Å². The molecule has 0 spiro atoms. The minimum atomic E-state index is -1.06. The second-order valence-corrected chi connectivity index (χ2v) is 8.18. The van der Waals surface area contributed by atoms with Gasteiger partial charge in [0.15, 0.2) is 11.6 Å². The van der Waals surface area contributed by atoms with Gasteiger partial charge in [-0.25, -0.2) is 8.78 Å². The van der Waals surface area contributed by atoms with Crippen LogP contribution in [0.5, 0.6) is 5.75 Å².